The minimum Gasteiger partial charge on any atom is -0.355 e. The zero-order valence-electron chi connectivity index (χ0n) is 21.3. The Morgan fingerprint density at radius 1 is 0.533 bits per heavy atom. The summed E-state index contributed by atoms with van der Waals surface area (Å²) in [5.41, 5.74) is -0.220. The van der Waals surface area contributed by atoms with E-state index in [1.807, 2.05) is 0 Å². The van der Waals surface area contributed by atoms with Gasteiger partial charge in [0, 0.05) is 6.61 Å². The summed E-state index contributed by atoms with van der Waals surface area (Å²) in [6, 6.07) is 0. The molecule has 0 radical (unpaired) electrons. The molecule has 2 nitrogen and oxygen atoms in total. The Hall–Kier alpha value is 0.210. The van der Waals surface area contributed by atoms with E-state index in [2.05, 4.69) is 48.5 Å². The highest BCUT2D eigenvalue weighted by Gasteiger charge is 2.19. The summed E-state index contributed by atoms with van der Waals surface area (Å²) in [5.74, 6) is 5.59. The smallest absolute Gasteiger partial charge is 0.148 e. The molecule has 0 aromatic carbocycles. The van der Waals surface area contributed by atoms with Crippen LogP contribution < -0.4 is 0 Å². The Balaban J connectivity index is 2.57. The van der Waals surface area contributed by atoms with Crippen LogP contribution in [0.15, 0.2) is 0 Å². The van der Waals surface area contributed by atoms with E-state index in [9.17, 15) is 0 Å². The summed E-state index contributed by atoms with van der Waals surface area (Å²) in [7, 11) is 0. The van der Waals surface area contributed by atoms with Gasteiger partial charge in [0.1, 0.15) is 12.4 Å². The number of halogens is 1. The molecule has 1 saturated heterocycles. The van der Waals surface area contributed by atoms with Crippen LogP contribution in [0.1, 0.15) is 113 Å². The van der Waals surface area contributed by atoms with Crippen molar-refractivity contribution < 1.29 is 9.47 Å². The van der Waals surface area contributed by atoms with Gasteiger partial charge in [-0.3, -0.25) is 0 Å². The lowest BCUT2D eigenvalue weighted by Gasteiger charge is -2.26. The standard InChI is InChI=1S/C27H53ClO2/c1-20-9-8-12-29-19-30-27(28)11-10-21(2)14-23(4)16-25(6)18-26(7)17-24(5)15-22(3)13-20/h20-27H,8-19H2,1-7H3. The van der Waals surface area contributed by atoms with E-state index >= 15 is 0 Å². The Morgan fingerprint density at radius 2 is 0.933 bits per heavy atom. The average molecular weight is 445 g/mol. The topological polar surface area (TPSA) is 18.5 Å². The minimum atomic E-state index is -0.220. The SMILES string of the molecule is CC1CCCOCOC(Cl)CCC(C)CC(C)CC(C)CC(C)CC(C)CC(C)C1. The molecule has 0 aromatic rings. The van der Waals surface area contributed by atoms with Crippen molar-refractivity contribution in [3.05, 3.63) is 0 Å². The highest BCUT2D eigenvalue weighted by Crippen LogP contribution is 2.31. The van der Waals surface area contributed by atoms with Crippen molar-refractivity contribution in [2.75, 3.05) is 13.4 Å². The van der Waals surface area contributed by atoms with Crippen LogP contribution in [0.3, 0.4) is 0 Å². The van der Waals surface area contributed by atoms with Gasteiger partial charge in [-0.1, -0.05) is 60.1 Å². The molecule has 8 atom stereocenters. The van der Waals surface area contributed by atoms with Crippen LogP contribution >= 0.6 is 11.6 Å². The Labute approximate surface area is 194 Å². The molecular weight excluding hydrogens is 392 g/mol. The maximum absolute atomic E-state index is 6.36. The van der Waals surface area contributed by atoms with Crippen LogP contribution in [0.2, 0.25) is 0 Å². The van der Waals surface area contributed by atoms with E-state index in [1.165, 1.54) is 44.9 Å². The number of rotatable bonds is 0. The molecule has 0 N–H and O–H groups in total. The molecule has 0 spiro atoms. The fourth-order valence-corrected chi connectivity index (χ4v) is 6.23. The lowest BCUT2D eigenvalue weighted by Crippen LogP contribution is -2.15. The first kappa shape index (κ1) is 28.2. The monoisotopic (exact) mass is 444 g/mol. The normalized spacial score (nSPS) is 40.8. The molecule has 30 heavy (non-hydrogen) atoms. The van der Waals surface area contributed by atoms with E-state index in [0.29, 0.717) is 12.7 Å². The molecule has 0 aromatic heterocycles. The van der Waals surface area contributed by atoms with Crippen LogP contribution in [-0.2, 0) is 9.47 Å². The van der Waals surface area contributed by atoms with Crippen LogP contribution in [0, 0.1) is 41.4 Å². The molecule has 0 saturated carbocycles. The van der Waals surface area contributed by atoms with E-state index in [0.717, 1.165) is 61.4 Å². The van der Waals surface area contributed by atoms with Crippen molar-refractivity contribution in [2.45, 2.75) is 118 Å². The molecule has 1 heterocycles. The van der Waals surface area contributed by atoms with Crippen molar-refractivity contribution in [1.82, 2.24) is 0 Å². The van der Waals surface area contributed by atoms with Crippen molar-refractivity contribution >= 4 is 11.6 Å². The van der Waals surface area contributed by atoms with Gasteiger partial charge in [-0.05, 0) is 106 Å². The molecule has 1 rings (SSSR count). The second kappa shape index (κ2) is 15.9. The fraction of sp³-hybridized carbons (Fsp3) is 1.00. The minimum absolute atomic E-state index is 0.220. The molecule has 1 fully saturated rings. The average Bonchev–Trinajstić information content (AvgIpc) is 2.61. The largest absolute Gasteiger partial charge is 0.355 e. The van der Waals surface area contributed by atoms with Crippen molar-refractivity contribution in [1.29, 1.82) is 0 Å². The maximum Gasteiger partial charge on any atom is 0.148 e. The van der Waals surface area contributed by atoms with Gasteiger partial charge in [-0.15, -0.1) is 0 Å². The third-order valence-corrected chi connectivity index (χ3v) is 7.38. The molecular formula is C27H53ClO2. The molecule has 1 aliphatic heterocycles. The first-order valence-corrected chi connectivity index (χ1v) is 13.4. The fourth-order valence-electron chi connectivity index (χ4n) is 6.05. The van der Waals surface area contributed by atoms with Gasteiger partial charge in [-0.25, -0.2) is 0 Å². The van der Waals surface area contributed by atoms with Gasteiger partial charge < -0.3 is 9.47 Å². The van der Waals surface area contributed by atoms with Crippen molar-refractivity contribution in [3.8, 4) is 0 Å². The molecule has 1 aliphatic rings. The van der Waals surface area contributed by atoms with E-state index in [-0.39, 0.29) is 5.56 Å². The Kier molecular flexibility index (Phi) is 15.0. The third-order valence-electron chi connectivity index (χ3n) is 7.03. The van der Waals surface area contributed by atoms with Crippen molar-refractivity contribution in [2.24, 2.45) is 41.4 Å². The number of alkyl halides is 1. The molecule has 0 bridgehead atoms. The van der Waals surface area contributed by atoms with Gasteiger partial charge >= 0.3 is 0 Å². The van der Waals surface area contributed by atoms with Gasteiger partial charge in [0.2, 0.25) is 0 Å². The second-order valence-electron chi connectivity index (χ2n) is 11.5. The van der Waals surface area contributed by atoms with E-state index in [4.69, 9.17) is 21.1 Å². The first-order chi connectivity index (χ1) is 14.2. The van der Waals surface area contributed by atoms with E-state index in [1.54, 1.807) is 0 Å². The summed E-state index contributed by atoms with van der Waals surface area (Å²) in [4.78, 5) is 0. The summed E-state index contributed by atoms with van der Waals surface area (Å²) in [5, 5.41) is 0. The lowest BCUT2D eigenvalue weighted by atomic mass is 9.80. The summed E-state index contributed by atoms with van der Waals surface area (Å²) in [6.45, 7) is 18.2. The van der Waals surface area contributed by atoms with Crippen LogP contribution in [0.5, 0.6) is 0 Å². The third kappa shape index (κ3) is 14.3. The Bertz CT molecular complexity index is 416. The van der Waals surface area contributed by atoms with Crippen LogP contribution in [0.4, 0.5) is 0 Å². The second-order valence-corrected chi connectivity index (χ2v) is 12.0. The first-order valence-electron chi connectivity index (χ1n) is 13.0. The predicted octanol–water partition coefficient (Wildman–Crippen LogP) is 8.91. The number of hydrogen-bond donors (Lipinski definition) is 0. The molecule has 8 unspecified atom stereocenters. The molecule has 0 aliphatic carbocycles. The predicted molar refractivity (Wildman–Crippen MR) is 132 cm³/mol. The van der Waals surface area contributed by atoms with Gasteiger partial charge in [0.15, 0.2) is 0 Å². The maximum atomic E-state index is 6.36. The number of ether oxygens (including phenoxy) is 2. The zero-order valence-corrected chi connectivity index (χ0v) is 22.1. The summed E-state index contributed by atoms with van der Waals surface area (Å²) >= 11 is 6.36. The van der Waals surface area contributed by atoms with Crippen LogP contribution in [-0.4, -0.2) is 19.0 Å². The highest BCUT2D eigenvalue weighted by atomic mass is 35.5. The van der Waals surface area contributed by atoms with Gasteiger partial charge in [0.05, 0.1) is 0 Å². The quantitative estimate of drug-likeness (QED) is 0.347. The number of hydrogen-bond acceptors (Lipinski definition) is 2. The zero-order chi connectivity index (χ0) is 22.5. The van der Waals surface area contributed by atoms with Crippen LogP contribution in [0.25, 0.3) is 0 Å². The van der Waals surface area contributed by atoms with E-state index < -0.39 is 0 Å². The Morgan fingerprint density at radius 3 is 1.40 bits per heavy atom. The summed E-state index contributed by atoms with van der Waals surface area (Å²) < 4.78 is 11.3. The van der Waals surface area contributed by atoms with Gasteiger partial charge in [0.25, 0.3) is 0 Å². The lowest BCUT2D eigenvalue weighted by molar-refractivity contribution is -0.0696. The molecule has 180 valence electrons. The molecule has 0 amide bonds. The highest BCUT2D eigenvalue weighted by molar-refractivity contribution is 6.19. The molecule has 3 heteroatoms. The van der Waals surface area contributed by atoms with Crippen molar-refractivity contribution in [3.63, 3.8) is 0 Å². The van der Waals surface area contributed by atoms with Gasteiger partial charge in [-0.2, -0.15) is 0 Å². The summed E-state index contributed by atoms with van der Waals surface area (Å²) in [6.07, 6.45) is 12.5.